The Morgan fingerprint density at radius 3 is 2.31 bits per heavy atom. The minimum atomic E-state index is -4.91. The molecule has 0 radical (unpaired) electrons. The van der Waals surface area contributed by atoms with Gasteiger partial charge in [0.1, 0.15) is 5.69 Å². The third-order valence-corrected chi connectivity index (χ3v) is 2.13. The second-order valence-corrected chi connectivity index (χ2v) is 3.13. The maximum absolute atomic E-state index is 12.5. The summed E-state index contributed by atoms with van der Waals surface area (Å²) < 4.78 is 62.3. The number of pyridine rings is 1. The van der Waals surface area contributed by atoms with Gasteiger partial charge in [0, 0.05) is 6.20 Å². The van der Waals surface area contributed by atoms with E-state index < -0.39 is 36.0 Å². The molecule has 0 saturated heterocycles. The average Bonchev–Trinajstić information content (AvgIpc) is 2.14. The smallest absolute Gasteiger partial charge is 0.392 e. The number of hydrogen-bond acceptors (Lipinski definition) is 2. The summed E-state index contributed by atoms with van der Waals surface area (Å²) in [5, 5.41) is 8.74. The van der Waals surface area contributed by atoms with Crippen LogP contribution in [0.2, 0.25) is 0 Å². The zero-order chi connectivity index (χ0) is 12.5. The predicted molar refractivity (Wildman–Crippen MR) is 44.9 cm³/mol. The van der Waals surface area contributed by atoms with Gasteiger partial charge in [-0.05, 0) is 18.1 Å². The molecule has 0 unspecified atom stereocenters. The molecule has 1 aromatic heterocycles. The highest BCUT2D eigenvalue weighted by Gasteiger charge is 2.39. The molecule has 0 saturated carbocycles. The molecular formula is C9H8F5NO. The van der Waals surface area contributed by atoms with Gasteiger partial charge in [-0.1, -0.05) is 0 Å². The first-order valence-corrected chi connectivity index (χ1v) is 4.23. The summed E-state index contributed by atoms with van der Waals surface area (Å²) in [7, 11) is 0. The quantitative estimate of drug-likeness (QED) is 0.807. The van der Waals surface area contributed by atoms with Crippen molar-refractivity contribution < 1.29 is 27.1 Å². The Labute approximate surface area is 87.7 Å². The SMILES string of the molecule is Cc1c(CO)cnc(C(F)F)c1C(F)(F)F. The summed E-state index contributed by atoms with van der Waals surface area (Å²) in [4.78, 5) is 3.05. The van der Waals surface area contributed by atoms with E-state index in [9.17, 15) is 22.0 Å². The Bertz CT molecular complexity index is 388. The van der Waals surface area contributed by atoms with Crippen molar-refractivity contribution in [3.63, 3.8) is 0 Å². The van der Waals surface area contributed by atoms with E-state index in [2.05, 4.69) is 4.98 Å². The first kappa shape index (κ1) is 12.8. The van der Waals surface area contributed by atoms with Crippen LogP contribution < -0.4 is 0 Å². The Kier molecular flexibility index (Phi) is 3.47. The number of rotatable bonds is 2. The van der Waals surface area contributed by atoms with Crippen LogP contribution in [0.25, 0.3) is 0 Å². The molecule has 0 aliphatic heterocycles. The minimum Gasteiger partial charge on any atom is -0.392 e. The van der Waals surface area contributed by atoms with Crippen LogP contribution in [0.15, 0.2) is 6.20 Å². The van der Waals surface area contributed by atoms with Gasteiger partial charge in [0.15, 0.2) is 0 Å². The van der Waals surface area contributed by atoms with E-state index in [-0.39, 0.29) is 5.56 Å². The zero-order valence-corrected chi connectivity index (χ0v) is 8.15. The molecule has 0 aliphatic rings. The summed E-state index contributed by atoms with van der Waals surface area (Å²) in [5.41, 5.74) is -3.30. The fourth-order valence-electron chi connectivity index (χ4n) is 1.34. The van der Waals surface area contributed by atoms with Gasteiger partial charge in [-0.15, -0.1) is 0 Å². The third kappa shape index (κ3) is 2.29. The van der Waals surface area contributed by atoms with Crippen LogP contribution in [-0.2, 0) is 12.8 Å². The second kappa shape index (κ2) is 4.32. The second-order valence-electron chi connectivity index (χ2n) is 3.13. The van der Waals surface area contributed by atoms with Gasteiger partial charge in [-0.25, -0.2) is 8.78 Å². The third-order valence-electron chi connectivity index (χ3n) is 2.13. The van der Waals surface area contributed by atoms with E-state index in [1.165, 1.54) is 0 Å². The predicted octanol–water partition coefficient (Wildman–Crippen LogP) is 2.84. The molecule has 0 aliphatic carbocycles. The van der Waals surface area contributed by atoms with Crippen LogP contribution in [0.1, 0.15) is 28.8 Å². The lowest BCUT2D eigenvalue weighted by molar-refractivity contribution is -0.140. The van der Waals surface area contributed by atoms with E-state index in [1.807, 2.05) is 0 Å². The molecule has 16 heavy (non-hydrogen) atoms. The number of halogens is 5. The van der Waals surface area contributed by atoms with Crippen LogP contribution in [0, 0.1) is 6.92 Å². The fourth-order valence-corrected chi connectivity index (χ4v) is 1.34. The Morgan fingerprint density at radius 2 is 1.94 bits per heavy atom. The summed E-state index contributed by atoms with van der Waals surface area (Å²) in [6.45, 7) is 0.355. The maximum atomic E-state index is 12.5. The Hall–Kier alpha value is -1.24. The van der Waals surface area contributed by atoms with Crippen LogP contribution in [0.5, 0.6) is 0 Å². The minimum absolute atomic E-state index is 0.114. The highest BCUT2D eigenvalue weighted by atomic mass is 19.4. The van der Waals surface area contributed by atoms with Gasteiger partial charge in [0.2, 0.25) is 0 Å². The molecule has 1 N–H and O–H groups in total. The summed E-state index contributed by atoms with van der Waals surface area (Å²) >= 11 is 0. The van der Waals surface area contributed by atoms with Crippen molar-refractivity contribution in [3.05, 3.63) is 28.6 Å². The van der Waals surface area contributed by atoms with E-state index in [4.69, 9.17) is 5.11 Å². The van der Waals surface area contributed by atoms with Gasteiger partial charge in [0.05, 0.1) is 12.2 Å². The number of aromatic nitrogens is 1. The molecule has 90 valence electrons. The van der Waals surface area contributed by atoms with Crippen LogP contribution in [-0.4, -0.2) is 10.1 Å². The molecule has 1 rings (SSSR count). The van der Waals surface area contributed by atoms with Crippen molar-refractivity contribution in [3.8, 4) is 0 Å². The van der Waals surface area contributed by atoms with E-state index in [0.29, 0.717) is 0 Å². The molecule has 0 aromatic carbocycles. The molecule has 7 heteroatoms. The lowest BCUT2D eigenvalue weighted by atomic mass is 10.0. The largest absolute Gasteiger partial charge is 0.418 e. The summed E-state index contributed by atoms with van der Waals surface area (Å²) in [5.74, 6) is 0. The van der Waals surface area contributed by atoms with E-state index >= 15 is 0 Å². The molecule has 0 spiro atoms. The molecular weight excluding hydrogens is 233 g/mol. The molecule has 2 nitrogen and oxygen atoms in total. The molecule has 0 bridgehead atoms. The fraction of sp³-hybridized carbons (Fsp3) is 0.444. The first-order chi connectivity index (χ1) is 7.29. The van der Waals surface area contributed by atoms with Crippen molar-refractivity contribution in [1.82, 2.24) is 4.98 Å². The number of nitrogens with zero attached hydrogens (tertiary/aromatic N) is 1. The molecule has 0 fully saturated rings. The van der Waals surface area contributed by atoms with Crippen molar-refractivity contribution in [2.45, 2.75) is 26.1 Å². The molecule has 1 heterocycles. The van der Waals surface area contributed by atoms with Crippen molar-refractivity contribution >= 4 is 0 Å². The van der Waals surface area contributed by atoms with Gasteiger partial charge in [-0.2, -0.15) is 13.2 Å². The van der Waals surface area contributed by atoms with Crippen molar-refractivity contribution in [1.29, 1.82) is 0 Å². The maximum Gasteiger partial charge on any atom is 0.418 e. The monoisotopic (exact) mass is 241 g/mol. The number of hydrogen-bond donors (Lipinski definition) is 1. The van der Waals surface area contributed by atoms with E-state index in [1.54, 1.807) is 0 Å². The first-order valence-electron chi connectivity index (χ1n) is 4.23. The zero-order valence-electron chi connectivity index (χ0n) is 8.15. The number of aliphatic hydroxyl groups is 1. The Morgan fingerprint density at radius 1 is 1.38 bits per heavy atom. The average molecular weight is 241 g/mol. The normalized spacial score (nSPS) is 12.2. The molecule has 1 aromatic rings. The number of aliphatic hydroxyl groups excluding tert-OH is 1. The van der Waals surface area contributed by atoms with Gasteiger partial charge in [-0.3, -0.25) is 4.98 Å². The summed E-state index contributed by atoms with van der Waals surface area (Å²) in [6, 6.07) is 0. The standard InChI is InChI=1S/C9H8F5NO/c1-4-5(3-16)2-15-7(8(10)11)6(4)9(12,13)14/h2,8,16H,3H2,1H3. The lowest BCUT2D eigenvalue weighted by Crippen LogP contribution is -2.15. The lowest BCUT2D eigenvalue weighted by Gasteiger charge is -2.16. The Balaban J connectivity index is 3.50. The van der Waals surface area contributed by atoms with Crippen LogP contribution >= 0.6 is 0 Å². The van der Waals surface area contributed by atoms with Gasteiger partial charge >= 0.3 is 6.18 Å². The van der Waals surface area contributed by atoms with Crippen LogP contribution in [0.4, 0.5) is 22.0 Å². The highest BCUT2D eigenvalue weighted by molar-refractivity contribution is 5.38. The molecule has 0 amide bonds. The van der Waals surface area contributed by atoms with Gasteiger partial charge < -0.3 is 5.11 Å². The summed E-state index contributed by atoms with van der Waals surface area (Å²) in [6.07, 6.45) is -7.39. The van der Waals surface area contributed by atoms with Crippen molar-refractivity contribution in [2.75, 3.05) is 0 Å². The topological polar surface area (TPSA) is 33.1 Å². The van der Waals surface area contributed by atoms with Crippen molar-refractivity contribution in [2.24, 2.45) is 0 Å². The van der Waals surface area contributed by atoms with Crippen LogP contribution in [0.3, 0.4) is 0 Å². The van der Waals surface area contributed by atoms with E-state index in [0.717, 1.165) is 13.1 Å². The highest BCUT2D eigenvalue weighted by Crippen LogP contribution is 2.38. The van der Waals surface area contributed by atoms with Gasteiger partial charge in [0.25, 0.3) is 6.43 Å². The molecule has 0 atom stereocenters. The number of alkyl halides is 5.